The quantitative estimate of drug-likeness (QED) is 0.887. The number of nitrogens with two attached hydrogens (primary N) is 1. The summed E-state index contributed by atoms with van der Waals surface area (Å²) in [6.07, 6.45) is 4.95. The molecule has 0 saturated carbocycles. The zero-order chi connectivity index (χ0) is 15.7. The molecule has 0 spiro atoms. The summed E-state index contributed by atoms with van der Waals surface area (Å²) in [4.78, 5) is 20.0. The first-order valence-corrected chi connectivity index (χ1v) is 7.48. The van der Waals surface area contributed by atoms with E-state index in [1.807, 2.05) is 4.68 Å². The molecule has 2 aromatic heterocycles. The SMILES string of the molecule is CC(C)c1nc2n(n1)CC(Nc1ccncc1C(N)=O)CC2. The lowest BCUT2D eigenvalue weighted by atomic mass is 10.1. The Morgan fingerprint density at radius 3 is 3.05 bits per heavy atom. The highest BCUT2D eigenvalue weighted by molar-refractivity contribution is 5.98. The molecule has 2 aromatic rings. The highest BCUT2D eigenvalue weighted by atomic mass is 16.1. The number of hydrogen-bond donors (Lipinski definition) is 2. The number of nitrogens with one attached hydrogen (secondary N) is 1. The average Bonchev–Trinajstić information content (AvgIpc) is 2.91. The zero-order valence-corrected chi connectivity index (χ0v) is 12.8. The maximum absolute atomic E-state index is 11.5. The van der Waals surface area contributed by atoms with E-state index in [0.717, 1.165) is 36.7 Å². The molecule has 0 saturated heterocycles. The van der Waals surface area contributed by atoms with Gasteiger partial charge in [-0.1, -0.05) is 13.8 Å². The van der Waals surface area contributed by atoms with E-state index in [4.69, 9.17) is 5.73 Å². The summed E-state index contributed by atoms with van der Waals surface area (Å²) in [5.41, 5.74) is 6.52. The third-order valence-corrected chi connectivity index (χ3v) is 3.84. The van der Waals surface area contributed by atoms with E-state index in [9.17, 15) is 4.79 Å². The van der Waals surface area contributed by atoms with Crippen LogP contribution in [0.5, 0.6) is 0 Å². The molecule has 7 nitrogen and oxygen atoms in total. The molecule has 1 amide bonds. The number of nitrogens with zero attached hydrogens (tertiary/aromatic N) is 4. The smallest absolute Gasteiger partial charge is 0.252 e. The molecule has 3 N–H and O–H groups in total. The number of amides is 1. The van der Waals surface area contributed by atoms with Gasteiger partial charge in [0.1, 0.15) is 5.82 Å². The summed E-state index contributed by atoms with van der Waals surface area (Å²) < 4.78 is 1.96. The fraction of sp³-hybridized carbons (Fsp3) is 0.467. The molecular weight excluding hydrogens is 280 g/mol. The van der Waals surface area contributed by atoms with Crippen LogP contribution in [0.25, 0.3) is 0 Å². The van der Waals surface area contributed by atoms with Gasteiger partial charge in [0.15, 0.2) is 5.82 Å². The predicted molar refractivity (Wildman–Crippen MR) is 82.6 cm³/mol. The van der Waals surface area contributed by atoms with Crippen molar-refractivity contribution in [3.63, 3.8) is 0 Å². The van der Waals surface area contributed by atoms with E-state index in [-0.39, 0.29) is 6.04 Å². The minimum Gasteiger partial charge on any atom is -0.380 e. The molecule has 116 valence electrons. The van der Waals surface area contributed by atoms with Crippen LogP contribution in [0.4, 0.5) is 5.69 Å². The van der Waals surface area contributed by atoms with E-state index < -0.39 is 5.91 Å². The van der Waals surface area contributed by atoms with Crippen molar-refractivity contribution in [3.8, 4) is 0 Å². The highest BCUT2D eigenvalue weighted by Crippen LogP contribution is 2.21. The van der Waals surface area contributed by atoms with Gasteiger partial charge in [-0.25, -0.2) is 9.67 Å². The van der Waals surface area contributed by atoms with Gasteiger partial charge in [0.2, 0.25) is 0 Å². The molecule has 7 heteroatoms. The summed E-state index contributed by atoms with van der Waals surface area (Å²) in [6, 6.07) is 1.96. The van der Waals surface area contributed by atoms with E-state index in [0.29, 0.717) is 11.5 Å². The van der Waals surface area contributed by atoms with Crippen LogP contribution in [-0.4, -0.2) is 31.7 Å². The lowest BCUT2D eigenvalue weighted by molar-refractivity contribution is 0.100. The topological polar surface area (TPSA) is 98.7 Å². The molecule has 3 heterocycles. The number of aromatic nitrogens is 4. The Balaban J connectivity index is 1.77. The van der Waals surface area contributed by atoms with Crippen LogP contribution >= 0.6 is 0 Å². The normalized spacial score (nSPS) is 17.3. The molecule has 22 heavy (non-hydrogen) atoms. The maximum atomic E-state index is 11.5. The summed E-state index contributed by atoms with van der Waals surface area (Å²) in [5.74, 6) is 1.77. The summed E-state index contributed by atoms with van der Waals surface area (Å²) in [7, 11) is 0. The van der Waals surface area contributed by atoms with Crippen molar-refractivity contribution in [2.45, 2.75) is 45.2 Å². The number of hydrogen-bond acceptors (Lipinski definition) is 5. The summed E-state index contributed by atoms with van der Waals surface area (Å²) in [6.45, 7) is 4.91. The Bertz CT molecular complexity index is 693. The number of pyridine rings is 1. The molecule has 1 unspecified atom stereocenters. The van der Waals surface area contributed by atoms with Gasteiger partial charge >= 0.3 is 0 Å². The third kappa shape index (κ3) is 2.79. The molecule has 3 rings (SSSR count). The van der Waals surface area contributed by atoms with Crippen LogP contribution in [0.15, 0.2) is 18.5 Å². The van der Waals surface area contributed by atoms with Gasteiger partial charge in [0.05, 0.1) is 17.8 Å². The highest BCUT2D eigenvalue weighted by Gasteiger charge is 2.23. The van der Waals surface area contributed by atoms with E-state index in [2.05, 4.69) is 34.2 Å². The Morgan fingerprint density at radius 1 is 1.50 bits per heavy atom. The monoisotopic (exact) mass is 300 g/mol. The Kier molecular flexibility index (Phi) is 3.79. The molecule has 1 aliphatic heterocycles. The Hall–Kier alpha value is -2.44. The second kappa shape index (κ2) is 5.75. The number of carbonyl (C=O) groups is 1. The van der Waals surface area contributed by atoms with Gasteiger partial charge in [-0.05, 0) is 12.5 Å². The van der Waals surface area contributed by atoms with Crippen molar-refractivity contribution in [1.82, 2.24) is 19.7 Å². The zero-order valence-electron chi connectivity index (χ0n) is 12.8. The van der Waals surface area contributed by atoms with Crippen LogP contribution in [-0.2, 0) is 13.0 Å². The van der Waals surface area contributed by atoms with Crippen LogP contribution in [0.3, 0.4) is 0 Å². The van der Waals surface area contributed by atoms with Crippen LogP contribution in [0, 0.1) is 0 Å². The minimum atomic E-state index is -0.477. The van der Waals surface area contributed by atoms with E-state index >= 15 is 0 Å². The van der Waals surface area contributed by atoms with Crippen molar-refractivity contribution < 1.29 is 4.79 Å². The van der Waals surface area contributed by atoms with Crippen molar-refractivity contribution in [2.24, 2.45) is 5.73 Å². The molecular formula is C15H20N6O. The molecule has 0 fully saturated rings. The molecule has 0 radical (unpaired) electrons. The Morgan fingerprint density at radius 2 is 2.32 bits per heavy atom. The van der Waals surface area contributed by atoms with Crippen LogP contribution in [0.2, 0.25) is 0 Å². The predicted octanol–water partition coefficient (Wildman–Crippen LogP) is 1.32. The first-order valence-electron chi connectivity index (χ1n) is 7.48. The molecule has 1 atom stereocenters. The van der Waals surface area contributed by atoms with Crippen LogP contribution < -0.4 is 11.1 Å². The lowest BCUT2D eigenvalue weighted by Gasteiger charge is -2.25. The minimum absolute atomic E-state index is 0.190. The number of anilines is 1. The van der Waals surface area contributed by atoms with Gasteiger partial charge < -0.3 is 11.1 Å². The fourth-order valence-electron chi connectivity index (χ4n) is 2.63. The number of carbonyl (C=O) groups excluding carboxylic acids is 1. The van der Waals surface area contributed by atoms with Crippen LogP contribution in [0.1, 0.15) is 48.2 Å². The Labute approximate surface area is 129 Å². The number of primary amides is 1. The molecule has 0 aromatic carbocycles. The largest absolute Gasteiger partial charge is 0.380 e. The van der Waals surface area contributed by atoms with Crippen molar-refractivity contribution >= 4 is 11.6 Å². The first-order chi connectivity index (χ1) is 10.5. The van der Waals surface area contributed by atoms with E-state index in [1.54, 1.807) is 12.3 Å². The van der Waals surface area contributed by atoms with Crippen molar-refractivity contribution in [3.05, 3.63) is 35.7 Å². The van der Waals surface area contributed by atoms with Gasteiger partial charge in [0, 0.05) is 30.8 Å². The van der Waals surface area contributed by atoms with Crippen molar-refractivity contribution in [1.29, 1.82) is 0 Å². The van der Waals surface area contributed by atoms with E-state index in [1.165, 1.54) is 6.20 Å². The molecule has 0 bridgehead atoms. The molecule has 0 aliphatic carbocycles. The summed E-state index contributed by atoms with van der Waals surface area (Å²) in [5, 5.41) is 7.94. The second-order valence-corrected chi connectivity index (χ2v) is 5.89. The van der Waals surface area contributed by atoms with Crippen molar-refractivity contribution in [2.75, 3.05) is 5.32 Å². The van der Waals surface area contributed by atoms with Gasteiger partial charge in [-0.2, -0.15) is 5.10 Å². The number of rotatable bonds is 4. The van der Waals surface area contributed by atoms with Gasteiger partial charge in [-0.15, -0.1) is 0 Å². The average molecular weight is 300 g/mol. The third-order valence-electron chi connectivity index (χ3n) is 3.84. The second-order valence-electron chi connectivity index (χ2n) is 5.89. The first kappa shape index (κ1) is 14.5. The summed E-state index contributed by atoms with van der Waals surface area (Å²) >= 11 is 0. The fourth-order valence-corrected chi connectivity index (χ4v) is 2.63. The molecule has 1 aliphatic rings. The standard InChI is InChI=1S/C15H20N6O/c1-9(2)15-19-13-4-3-10(8-21(13)20-15)18-12-5-6-17-7-11(12)14(16)22/h5-7,9-10H,3-4,8H2,1-2H3,(H2,16,22)(H,17,18). The number of fused-ring (bicyclic) bond motifs is 1. The maximum Gasteiger partial charge on any atom is 0.252 e. The van der Waals surface area contributed by atoms with Gasteiger partial charge in [0.25, 0.3) is 5.91 Å². The van der Waals surface area contributed by atoms with Gasteiger partial charge in [-0.3, -0.25) is 9.78 Å². The number of aryl methyl sites for hydroxylation is 1. The lowest BCUT2D eigenvalue weighted by Crippen LogP contribution is -2.32.